The third kappa shape index (κ3) is 3.40. The molecular formula is C22H22N6O. The minimum absolute atomic E-state index is 0.0428. The van der Waals surface area contributed by atoms with Gasteiger partial charge in [-0.15, -0.1) is 0 Å². The van der Waals surface area contributed by atoms with Crippen molar-refractivity contribution in [2.45, 2.75) is 25.3 Å². The average molecular weight is 386 g/mol. The highest BCUT2D eigenvalue weighted by atomic mass is 16.2. The van der Waals surface area contributed by atoms with Crippen LogP contribution < -0.4 is 0 Å². The van der Waals surface area contributed by atoms with Crippen molar-refractivity contribution >= 4 is 11.4 Å². The zero-order valence-electron chi connectivity index (χ0n) is 16.1. The summed E-state index contributed by atoms with van der Waals surface area (Å²) in [6, 6.07) is 9.79. The quantitative estimate of drug-likeness (QED) is 0.541. The van der Waals surface area contributed by atoms with Crippen molar-refractivity contribution in [3.05, 3.63) is 84.5 Å². The Bertz CT molecular complexity index is 1130. The van der Waals surface area contributed by atoms with Gasteiger partial charge >= 0.3 is 0 Å². The first-order chi connectivity index (χ1) is 14.3. The molecule has 5 rings (SSSR count). The van der Waals surface area contributed by atoms with Gasteiger partial charge in [0, 0.05) is 50.0 Å². The van der Waals surface area contributed by atoms with Gasteiger partial charge in [-0.05, 0) is 36.6 Å². The maximum atomic E-state index is 13.2. The second-order valence-corrected chi connectivity index (χ2v) is 7.45. The molecule has 4 aromatic rings. The Morgan fingerprint density at radius 2 is 2.07 bits per heavy atom. The lowest BCUT2D eigenvalue weighted by Crippen LogP contribution is -2.39. The molecule has 1 saturated heterocycles. The molecule has 29 heavy (non-hydrogen) atoms. The van der Waals surface area contributed by atoms with E-state index in [-0.39, 0.29) is 11.8 Å². The number of fused-ring (bicyclic) bond motifs is 1. The summed E-state index contributed by atoms with van der Waals surface area (Å²) in [4.78, 5) is 24.0. The Balaban J connectivity index is 1.36. The smallest absolute Gasteiger partial charge is 0.257 e. The van der Waals surface area contributed by atoms with Gasteiger partial charge in [-0.2, -0.15) is 5.10 Å². The van der Waals surface area contributed by atoms with Crippen molar-refractivity contribution in [2.75, 3.05) is 13.1 Å². The van der Waals surface area contributed by atoms with Crippen LogP contribution in [0.2, 0.25) is 0 Å². The van der Waals surface area contributed by atoms with Gasteiger partial charge < -0.3 is 9.47 Å². The van der Waals surface area contributed by atoms with Crippen molar-refractivity contribution in [3.63, 3.8) is 0 Å². The molecule has 4 aromatic heterocycles. The Labute approximate surface area is 168 Å². The van der Waals surface area contributed by atoms with E-state index >= 15 is 0 Å². The van der Waals surface area contributed by atoms with Crippen LogP contribution in [0.25, 0.3) is 5.52 Å². The van der Waals surface area contributed by atoms with Crippen molar-refractivity contribution in [1.82, 2.24) is 29.0 Å². The van der Waals surface area contributed by atoms with E-state index in [2.05, 4.69) is 25.7 Å². The van der Waals surface area contributed by atoms with E-state index in [1.54, 1.807) is 16.9 Å². The summed E-state index contributed by atoms with van der Waals surface area (Å²) in [5, 5.41) is 4.31. The fourth-order valence-electron chi connectivity index (χ4n) is 4.14. The van der Waals surface area contributed by atoms with Crippen molar-refractivity contribution in [2.24, 2.45) is 0 Å². The minimum atomic E-state index is 0.0428. The summed E-state index contributed by atoms with van der Waals surface area (Å²) in [6.45, 7) is 2.18. The van der Waals surface area contributed by atoms with E-state index in [4.69, 9.17) is 0 Å². The average Bonchev–Trinajstić information content (AvgIpc) is 3.41. The molecule has 5 heterocycles. The van der Waals surface area contributed by atoms with Crippen molar-refractivity contribution in [1.29, 1.82) is 0 Å². The molecule has 1 unspecified atom stereocenters. The number of aromatic nitrogens is 5. The molecule has 0 radical (unpaired) electrons. The number of nitrogens with zero attached hydrogens (tertiary/aromatic N) is 6. The van der Waals surface area contributed by atoms with Gasteiger partial charge in [-0.1, -0.05) is 12.1 Å². The third-order valence-corrected chi connectivity index (χ3v) is 5.55. The molecule has 1 aliphatic rings. The van der Waals surface area contributed by atoms with Crippen LogP contribution in [-0.4, -0.2) is 48.0 Å². The molecule has 146 valence electrons. The van der Waals surface area contributed by atoms with Crippen LogP contribution >= 0.6 is 0 Å². The van der Waals surface area contributed by atoms with Gasteiger partial charge in [0.2, 0.25) is 0 Å². The zero-order chi connectivity index (χ0) is 19.6. The summed E-state index contributed by atoms with van der Waals surface area (Å²) >= 11 is 0. The molecule has 0 N–H and O–H groups in total. The van der Waals surface area contributed by atoms with Crippen LogP contribution in [-0.2, 0) is 6.54 Å². The predicted molar refractivity (Wildman–Crippen MR) is 109 cm³/mol. The van der Waals surface area contributed by atoms with Gasteiger partial charge in [-0.3, -0.25) is 9.78 Å². The number of hydrogen-bond donors (Lipinski definition) is 0. The molecule has 0 aromatic carbocycles. The molecule has 7 heteroatoms. The number of rotatable bonds is 4. The van der Waals surface area contributed by atoms with Gasteiger partial charge in [0.25, 0.3) is 5.91 Å². The minimum Gasteiger partial charge on any atom is -0.338 e. The first-order valence-corrected chi connectivity index (χ1v) is 9.91. The summed E-state index contributed by atoms with van der Waals surface area (Å²) in [7, 11) is 0. The van der Waals surface area contributed by atoms with Crippen LogP contribution in [0.5, 0.6) is 0 Å². The highest BCUT2D eigenvalue weighted by Gasteiger charge is 2.29. The molecule has 0 bridgehead atoms. The van der Waals surface area contributed by atoms with Crippen molar-refractivity contribution < 1.29 is 4.79 Å². The third-order valence-electron chi connectivity index (χ3n) is 5.55. The van der Waals surface area contributed by atoms with Crippen LogP contribution in [0, 0.1) is 0 Å². The van der Waals surface area contributed by atoms with E-state index < -0.39 is 0 Å². The molecule has 0 spiro atoms. The zero-order valence-corrected chi connectivity index (χ0v) is 16.1. The molecule has 1 amide bonds. The Kier molecular flexibility index (Phi) is 4.56. The maximum Gasteiger partial charge on any atom is 0.257 e. The van der Waals surface area contributed by atoms with E-state index in [1.165, 1.54) is 0 Å². The molecule has 0 saturated carbocycles. The molecular weight excluding hydrogens is 364 g/mol. The van der Waals surface area contributed by atoms with Crippen LogP contribution in [0.3, 0.4) is 0 Å². The van der Waals surface area contributed by atoms with Crippen LogP contribution in [0.1, 0.15) is 40.5 Å². The predicted octanol–water partition coefficient (Wildman–Crippen LogP) is 2.99. The monoisotopic (exact) mass is 386 g/mol. The van der Waals surface area contributed by atoms with Crippen molar-refractivity contribution in [3.8, 4) is 0 Å². The highest BCUT2D eigenvalue weighted by Crippen LogP contribution is 2.28. The lowest BCUT2D eigenvalue weighted by atomic mass is 9.96. The number of carbonyl (C=O) groups is 1. The normalized spacial score (nSPS) is 17.0. The number of carbonyl (C=O) groups excluding carboxylic acids is 1. The summed E-state index contributed by atoms with van der Waals surface area (Å²) in [6.07, 6.45) is 13.0. The van der Waals surface area contributed by atoms with Crippen LogP contribution in [0.15, 0.2) is 67.5 Å². The number of hydrogen-bond acceptors (Lipinski definition) is 4. The Morgan fingerprint density at radius 1 is 1.10 bits per heavy atom. The topological polar surface area (TPSA) is 68.3 Å². The SMILES string of the molecule is O=C(c1cnn2ccccc12)N1CCCC(c2nccn2Cc2cccnc2)C1. The Hall–Kier alpha value is -3.48. The number of imidazole rings is 1. The first kappa shape index (κ1) is 17.6. The molecule has 7 nitrogen and oxygen atoms in total. The van der Waals surface area contributed by atoms with Crippen LogP contribution in [0.4, 0.5) is 0 Å². The van der Waals surface area contributed by atoms with Gasteiger partial charge in [0.15, 0.2) is 0 Å². The number of likely N-dealkylation sites (tertiary alicyclic amines) is 1. The lowest BCUT2D eigenvalue weighted by molar-refractivity contribution is 0.0705. The van der Waals surface area contributed by atoms with Gasteiger partial charge in [0.05, 0.1) is 23.8 Å². The van der Waals surface area contributed by atoms with E-state index in [1.807, 2.05) is 54.0 Å². The molecule has 0 aliphatic carbocycles. The highest BCUT2D eigenvalue weighted by molar-refractivity contribution is 6.00. The van der Waals surface area contributed by atoms with Gasteiger partial charge in [0.1, 0.15) is 5.82 Å². The number of amides is 1. The maximum absolute atomic E-state index is 13.2. The summed E-state index contributed by atoms with van der Waals surface area (Å²) in [5.41, 5.74) is 2.64. The summed E-state index contributed by atoms with van der Waals surface area (Å²) in [5.74, 6) is 1.30. The van der Waals surface area contributed by atoms with E-state index in [0.29, 0.717) is 12.1 Å². The number of piperidine rings is 1. The Morgan fingerprint density at radius 3 is 2.97 bits per heavy atom. The second kappa shape index (κ2) is 7.50. The molecule has 1 atom stereocenters. The summed E-state index contributed by atoms with van der Waals surface area (Å²) < 4.78 is 3.92. The largest absolute Gasteiger partial charge is 0.338 e. The molecule has 1 fully saturated rings. The molecule has 1 aliphatic heterocycles. The lowest BCUT2D eigenvalue weighted by Gasteiger charge is -2.32. The number of pyridine rings is 2. The fraction of sp³-hybridized carbons (Fsp3) is 0.273. The first-order valence-electron chi connectivity index (χ1n) is 9.91. The van der Waals surface area contributed by atoms with Gasteiger partial charge in [-0.25, -0.2) is 9.50 Å². The van der Waals surface area contributed by atoms with E-state index in [9.17, 15) is 4.79 Å². The van der Waals surface area contributed by atoms with E-state index in [0.717, 1.165) is 42.8 Å². The fourth-order valence-corrected chi connectivity index (χ4v) is 4.14. The second-order valence-electron chi connectivity index (χ2n) is 7.45. The standard InChI is InChI=1S/C22H22N6O/c29-22(19-14-25-28-11-2-1-7-20(19)28)27-10-4-6-18(16-27)21-24-9-12-26(21)15-17-5-3-8-23-13-17/h1-3,5,7-9,11-14,18H,4,6,10,15-16H2.